The number of phenolic OH excluding ortho intramolecular Hbond substituents is 1. The number of benzene rings is 3. The second-order valence-electron chi connectivity index (χ2n) is 18.0. The number of unbranched alkanes of at least 4 members (excludes halogenated alkanes) is 3. The first kappa shape index (κ1) is 57.4. The smallest absolute Gasteiger partial charge is 0.336 e. The van der Waals surface area contributed by atoms with E-state index in [0.29, 0.717) is 55.2 Å². The lowest BCUT2D eigenvalue weighted by Gasteiger charge is -2.24. The minimum absolute atomic E-state index is 0.0155. The number of rotatable bonds is 28. The third kappa shape index (κ3) is 18.2. The van der Waals surface area contributed by atoms with Gasteiger partial charge >= 0.3 is 5.97 Å². The second-order valence-corrected chi connectivity index (χ2v) is 18.0. The first-order valence-corrected chi connectivity index (χ1v) is 24.1. The van der Waals surface area contributed by atoms with Gasteiger partial charge in [0.2, 0.25) is 35.4 Å². The summed E-state index contributed by atoms with van der Waals surface area (Å²) in [6.07, 6.45) is 8.93. The Hall–Kier alpha value is -8.16. The largest absolute Gasteiger partial charge is 0.508 e. The third-order valence-corrected chi connectivity index (χ3v) is 11.5. The van der Waals surface area contributed by atoms with Crippen molar-refractivity contribution in [3.8, 4) is 28.2 Å². The molecule has 1 heterocycles. The normalized spacial score (nSPS) is 12.7. The Kier molecular flexibility index (Phi) is 22.5. The Morgan fingerprint density at radius 2 is 1.44 bits per heavy atom. The number of aromatic hydroxyl groups is 1. The fraction of sp³-hybridized carbons (Fsp3) is 0.396. The molecular weight excluding hydrogens is 941 g/mol. The summed E-state index contributed by atoms with van der Waals surface area (Å²) in [4.78, 5) is 115. The van der Waals surface area contributed by atoms with Crippen LogP contribution < -0.4 is 42.6 Å². The molecule has 7 amide bonds. The van der Waals surface area contributed by atoms with Crippen LogP contribution in [0.4, 0.5) is 0 Å². The molecular formula is C53H66N8O12. The van der Waals surface area contributed by atoms with E-state index in [2.05, 4.69) is 37.2 Å². The van der Waals surface area contributed by atoms with Crippen LogP contribution in [-0.2, 0) is 28.8 Å². The van der Waals surface area contributed by atoms with E-state index >= 15 is 0 Å². The lowest BCUT2D eigenvalue weighted by Crippen LogP contribution is -2.55. The molecule has 3 unspecified atom stereocenters. The van der Waals surface area contributed by atoms with Crippen LogP contribution in [0.15, 0.2) is 87.6 Å². The van der Waals surface area contributed by atoms with E-state index in [1.54, 1.807) is 25.1 Å². The molecule has 73 heavy (non-hydrogen) atoms. The number of carbonyl (C=O) groups is 8. The first-order valence-electron chi connectivity index (χ1n) is 24.1. The molecule has 3 atom stereocenters. The van der Waals surface area contributed by atoms with Crippen LogP contribution in [0, 0.1) is 11.3 Å². The van der Waals surface area contributed by atoms with E-state index in [9.17, 15) is 53.4 Å². The maximum absolute atomic E-state index is 13.6. The molecule has 4 rings (SSSR count). The maximum Gasteiger partial charge on any atom is 0.336 e. The lowest BCUT2D eigenvalue weighted by atomic mass is 9.90. The van der Waals surface area contributed by atoms with E-state index in [1.165, 1.54) is 68.6 Å². The summed E-state index contributed by atoms with van der Waals surface area (Å²) in [6.45, 7) is 6.95. The summed E-state index contributed by atoms with van der Waals surface area (Å²) >= 11 is 0. The Labute approximate surface area is 423 Å². The van der Waals surface area contributed by atoms with Crippen LogP contribution in [0.1, 0.15) is 106 Å². The van der Waals surface area contributed by atoms with Gasteiger partial charge in [-0.2, -0.15) is 0 Å². The predicted molar refractivity (Wildman–Crippen MR) is 275 cm³/mol. The summed E-state index contributed by atoms with van der Waals surface area (Å²) in [5.74, 6) is -4.71. The average molecular weight is 1010 g/mol. The van der Waals surface area contributed by atoms with Crippen LogP contribution in [0.25, 0.3) is 33.4 Å². The number of phenols is 1. The fourth-order valence-corrected chi connectivity index (χ4v) is 7.95. The van der Waals surface area contributed by atoms with Crippen molar-refractivity contribution in [2.24, 2.45) is 5.92 Å². The van der Waals surface area contributed by atoms with E-state index in [4.69, 9.17) is 9.83 Å². The Morgan fingerprint density at radius 1 is 0.726 bits per heavy atom. The number of allylic oxidation sites excluding steroid dienone is 3. The van der Waals surface area contributed by atoms with Gasteiger partial charge in [0.25, 0.3) is 5.91 Å². The van der Waals surface area contributed by atoms with Gasteiger partial charge in [0.05, 0.1) is 12.1 Å². The Balaban J connectivity index is 1.30. The van der Waals surface area contributed by atoms with Crippen molar-refractivity contribution in [2.45, 2.75) is 104 Å². The lowest BCUT2D eigenvalue weighted by molar-refractivity contribution is -0.133. The molecule has 2 aromatic rings. The molecule has 2 aromatic carbocycles. The molecule has 1 aliphatic carbocycles. The minimum atomic E-state index is -1.29. The van der Waals surface area contributed by atoms with Gasteiger partial charge in [-0.25, -0.2) is 4.79 Å². The zero-order valence-corrected chi connectivity index (χ0v) is 41.8. The van der Waals surface area contributed by atoms with Crippen LogP contribution in [0.2, 0.25) is 0 Å². The van der Waals surface area contributed by atoms with Crippen molar-refractivity contribution in [1.29, 1.82) is 5.41 Å². The van der Waals surface area contributed by atoms with Crippen molar-refractivity contribution in [2.75, 3.05) is 26.7 Å². The highest BCUT2D eigenvalue weighted by molar-refractivity contribution is 6.09. The third-order valence-electron chi connectivity index (χ3n) is 11.5. The number of carboxylic acid groups (broad SMARTS) is 1. The van der Waals surface area contributed by atoms with E-state index in [1.807, 2.05) is 13.8 Å². The topological polar surface area (TPSA) is 315 Å². The van der Waals surface area contributed by atoms with Gasteiger partial charge in [-0.05, 0) is 106 Å². The first-order chi connectivity index (χ1) is 34.8. The summed E-state index contributed by atoms with van der Waals surface area (Å²) < 4.78 is 5.88. The zero-order chi connectivity index (χ0) is 53.6. The number of fused-ring (bicyclic) bond motifs is 2. The molecule has 0 spiro atoms. The molecule has 390 valence electrons. The van der Waals surface area contributed by atoms with Gasteiger partial charge in [0.1, 0.15) is 35.2 Å². The standard InChI is InChI=1S/C53H66N8O12/c1-31(2)25-42(51(69)58-30-47(66)59-41(14-9-12-23-56-33(4)62)52(70)61-43(50(68)55-5)26-32(3)13-8-10-22-54)60-46(65)15-7-6-11-24-57-49(67)34-16-19-37(40(27-34)53(71)72)48-38-20-17-35(63)28-44(38)73-45-29-36(64)18-21-39(45)48/h8,10,13,16-22,27-29,31,41-43,54,63H,6-7,9,11-12,14-15,23-26,30H2,1-5H3,(H,55,68)(H,56,62)(H,57,67)(H,58,69)(H,59,66)(H,60,65)(H,61,70)(H,71,72). The van der Waals surface area contributed by atoms with Crippen molar-refractivity contribution in [3.63, 3.8) is 0 Å². The highest BCUT2D eigenvalue weighted by Gasteiger charge is 2.28. The van der Waals surface area contributed by atoms with E-state index in [0.717, 1.165) is 11.8 Å². The predicted octanol–water partition coefficient (Wildman–Crippen LogP) is 4.47. The van der Waals surface area contributed by atoms with Crippen LogP contribution in [0.3, 0.4) is 0 Å². The highest BCUT2D eigenvalue weighted by Crippen LogP contribution is 2.42. The molecule has 0 saturated carbocycles. The zero-order valence-electron chi connectivity index (χ0n) is 41.8. The number of aromatic carboxylic acids is 1. The number of nitrogens with one attached hydrogen (secondary N) is 8. The monoisotopic (exact) mass is 1010 g/mol. The number of amides is 7. The number of likely N-dealkylation sites (N-methyl/N-ethyl adjacent to an activating group) is 1. The summed E-state index contributed by atoms with van der Waals surface area (Å²) in [7, 11) is 1.43. The number of hydrogen-bond donors (Lipinski definition) is 10. The van der Waals surface area contributed by atoms with E-state index in [-0.39, 0.29) is 83.3 Å². The molecule has 0 radical (unpaired) electrons. The van der Waals surface area contributed by atoms with Crippen molar-refractivity contribution < 1.29 is 53.0 Å². The van der Waals surface area contributed by atoms with Gasteiger partial charge in [0, 0.05) is 73.9 Å². The number of carbonyl (C=O) groups excluding carboxylic acids is 7. The molecule has 20 heteroatoms. The van der Waals surface area contributed by atoms with Gasteiger partial charge in [-0.1, -0.05) is 44.1 Å². The summed E-state index contributed by atoms with van der Waals surface area (Å²) in [5, 5.41) is 46.7. The van der Waals surface area contributed by atoms with Crippen LogP contribution in [0.5, 0.6) is 5.75 Å². The molecule has 0 aromatic heterocycles. The van der Waals surface area contributed by atoms with Gasteiger partial charge in [-0.15, -0.1) is 0 Å². The van der Waals surface area contributed by atoms with Gasteiger partial charge in [-0.3, -0.25) is 38.4 Å². The van der Waals surface area contributed by atoms with Gasteiger partial charge in [0.15, 0.2) is 5.43 Å². The van der Waals surface area contributed by atoms with Gasteiger partial charge < -0.3 is 57.3 Å². The summed E-state index contributed by atoms with van der Waals surface area (Å²) in [6, 6.07) is 9.74. The highest BCUT2D eigenvalue weighted by atomic mass is 16.4. The Bertz CT molecular complexity index is 2750. The molecule has 0 bridgehead atoms. The van der Waals surface area contributed by atoms with Crippen molar-refractivity contribution in [1.82, 2.24) is 37.2 Å². The van der Waals surface area contributed by atoms with Crippen molar-refractivity contribution >= 4 is 64.5 Å². The summed E-state index contributed by atoms with van der Waals surface area (Å²) in [5.41, 5.74) is 1.74. The van der Waals surface area contributed by atoms with E-state index < -0.39 is 66.1 Å². The fourth-order valence-electron chi connectivity index (χ4n) is 7.95. The molecule has 20 nitrogen and oxygen atoms in total. The number of hydrogen-bond acceptors (Lipinski definition) is 12. The SMILES string of the molecule is CNC(=O)C(CC(C)=CC=CC=N)NC(=O)C(CCCCNC(C)=O)NC(=O)CNC(=O)C(CC(C)C)NC(=O)CCCCCNC(=O)c1ccc(-c2c3ccc(=O)cc-3oc3cc(O)ccc23)c(C(=O)O)c1. The van der Waals surface area contributed by atoms with Crippen LogP contribution >= 0.6 is 0 Å². The average Bonchev–Trinajstić information content (AvgIpc) is 3.34. The van der Waals surface area contributed by atoms with Crippen LogP contribution in [-0.4, -0.2) is 109 Å². The molecule has 10 N–H and O–H groups in total. The second kappa shape index (κ2) is 28.6. The Morgan fingerprint density at radius 3 is 2.14 bits per heavy atom. The number of carboxylic acids is 1. The minimum Gasteiger partial charge on any atom is -0.508 e. The maximum atomic E-state index is 13.6. The quantitative estimate of drug-likeness (QED) is 0.0163. The molecule has 0 fully saturated rings. The van der Waals surface area contributed by atoms with Crippen molar-refractivity contribution in [3.05, 3.63) is 99.7 Å². The molecule has 1 aliphatic heterocycles. The molecule has 0 saturated heterocycles. The molecule has 2 aliphatic rings.